The topological polar surface area (TPSA) is 25.8 Å². The summed E-state index contributed by atoms with van der Waals surface area (Å²) < 4.78 is 102. The smallest absolute Gasteiger partial charge is 0.261 e. The van der Waals surface area contributed by atoms with Crippen LogP contribution in [-0.2, 0) is 12.4 Å². The molecule has 0 atom stereocenters. The van der Waals surface area contributed by atoms with E-state index < -0.39 is 29.8 Å². The van der Waals surface area contributed by atoms with E-state index >= 15 is 0 Å². The lowest BCUT2D eigenvalue weighted by Crippen LogP contribution is -2.07. The van der Waals surface area contributed by atoms with Gasteiger partial charge in [0.2, 0.25) is 0 Å². The van der Waals surface area contributed by atoms with E-state index in [0.29, 0.717) is 5.69 Å². The number of rotatable bonds is 0. The van der Waals surface area contributed by atoms with Crippen molar-refractivity contribution in [1.29, 1.82) is 0 Å². The monoisotopic (exact) mass is 574 g/mol. The van der Waals surface area contributed by atoms with Gasteiger partial charge < -0.3 is 0 Å². The molecule has 11 heteroatoms. The molecule has 0 radical (unpaired) electrons. The van der Waals surface area contributed by atoms with Crippen molar-refractivity contribution in [2.45, 2.75) is 81.8 Å². The van der Waals surface area contributed by atoms with Gasteiger partial charge in [0.1, 0.15) is 5.69 Å². The van der Waals surface area contributed by atoms with Crippen molar-refractivity contribution >= 4 is 0 Å². The molecular weight excluding hydrogens is 535 g/mol. The molecule has 3 aromatic rings. The van der Waals surface area contributed by atoms with Crippen LogP contribution in [0.5, 0.6) is 0 Å². The first kappa shape index (κ1) is 43.0. The standard InChI is InChI=1S/C8H10.2C7H6F3N.C2H3F3.C2H6.2CH4/c1-7-3-5-8(2)6-4-7;1-5-2-3-6(4-11-5)7(8,9)10;1-5-2-3-6(11-4-5)7(8,9)10;1-2(3,4)5;1-2;;/h3-6H,1-2H3;2*2-4H,1H3;1H3;1-2H3;2*1H4. The summed E-state index contributed by atoms with van der Waals surface area (Å²) in [7, 11) is 0. The number of benzene rings is 1. The Balaban J connectivity index is -0.000000208. The predicted molar refractivity (Wildman–Crippen MR) is 140 cm³/mol. The highest BCUT2D eigenvalue weighted by molar-refractivity contribution is 5.19. The maximum absolute atomic E-state index is 11.9. The Morgan fingerprint density at radius 3 is 1.15 bits per heavy atom. The largest absolute Gasteiger partial charge is 0.433 e. The SMILES string of the molecule is C.C.CC.CC(F)(F)F.Cc1ccc(C(F)(F)F)cn1.Cc1ccc(C(F)(F)F)nc1.Cc1ccc(C)cc1. The summed E-state index contributed by atoms with van der Waals surface area (Å²) in [6, 6.07) is 13.2. The Hall–Kier alpha value is -3.11. The maximum atomic E-state index is 11.9. The Kier molecular flexibility index (Phi) is 21.9. The highest BCUT2D eigenvalue weighted by Gasteiger charge is 2.32. The molecule has 0 N–H and O–H groups in total. The van der Waals surface area contributed by atoms with E-state index in [-0.39, 0.29) is 21.8 Å². The molecule has 2 aromatic heterocycles. The molecule has 2 nitrogen and oxygen atoms in total. The van der Waals surface area contributed by atoms with Gasteiger partial charge in [0, 0.05) is 25.0 Å². The van der Waals surface area contributed by atoms with Crippen molar-refractivity contribution in [3.8, 4) is 0 Å². The second kappa shape index (κ2) is 19.9. The Morgan fingerprint density at radius 1 is 0.513 bits per heavy atom. The van der Waals surface area contributed by atoms with E-state index in [4.69, 9.17) is 0 Å². The lowest BCUT2D eigenvalue weighted by Gasteiger charge is -2.04. The number of alkyl halides is 9. The molecular formula is C28H39F9N2. The normalized spacial score (nSPS) is 10.2. The molecule has 0 saturated carbocycles. The van der Waals surface area contributed by atoms with Gasteiger partial charge >= 0.3 is 18.5 Å². The summed E-state index contributed by atoms with van der Waals surface area (Å²) in [5.41, 5.74) is 2.41. The maximum Gasteiger partial charge on any atom is 0.433 e. The van der Waals surface area contributed by atoms with Crippen LogP contribution in [0.4, 0.5) is 39.5 Å². The summed E-state index contributed by atoms with van der Waals surface area (Å²) in [4.78, 5) is 6.75. The average molecular weight is 575 g/mol. The minimum absolute atomic E-state index is 0. The number of halogens is 9. The van der Waals surface area contributed by atoms with E-state index in [9.17, 15) is 39.5 Å². The van der Waals surface area contributed by atoms with Crippen LogP contribution >= 0.6 is 0 Å². The van der Waals surface area contributed by atoms with Crippen LogP contribution in [-0.4, -0.2) is 16.1 Å². The van der Waals surface area contributed by atoms with Gasteiger partial charge in [-0.3, -0.25) is 9.97 Å². The molecule has 0 amide bonds. The van der Waals surface area contributed by atoms with Crippen molar-refractivity contribution in [2.24, 2.45) is 0 Å². The predicted octanol–water partition coefficient (Wildman–Crippen LogP) is 11.0. The number of pyridine rings is 2. The van der Waals surface area contributed by atoms with E-state index in [1.54, 1.807) is 13.8 Å². The molecule has 2 heterocycles. The van der Waals surface area contributed by atoms with Gasteiger partial charge in [0.05, 0.1) is 5.56 Å². The van der Waals surface area contributed by atoms with Crippen LogP contribution in [0.15, 0.2) is 60.9 Å². The van der Waals surface area contributed by atoms with Gasteiger partial charge in [0.25, 0.3) is 0 Å². The zero-order valence-electron chi connectivity index (χ0n) is 21.6. The van der Waals surface area contributed by atoms with Crippen LogP contribution in [0, 0.1) is 27.7 Å². The van der Waals surface area contributed by atoms with Crippen molar-refractivity contribution in [3.63, 3.8) is 0 Å². The highest BCUT2D eigenvalue weighted by Crippen LogP contribution is 2.28. The van der Waals surface area contributed by atoms with E-state index in [2.05, 4.69) is 48.1 Å². The number of aryl methyl sites for hydroxylation is 4. The summed E-state index contributed by atoms with van der Waals surface area (Å²) in [5.74, 6) is 0. The molecule has 0 aliphatic heterocycles. The summed E-state index contributed by atoms with van der Waals surface area (Å²) in [6.07, 6.45) is -10.6. The lowest BCUT2D eigenvalue weighted by molar-refractivity contribution is -0.141. The fourth-order valence-corrected chi connectivity index (χ4v) is 1.91. The minimum Gasteiger partial charge on any atom is -0.261 e. The second-order valence-corrected chi connectivity index (χ2v) is 7.34. The Morgan fingerprint density at radius 2 is 0.897 bits per heavy atom. The summed E-state index contributed by atoms with van der Waals surface area (Å²) >= 11 is 0. The molecule has 0 saturated heterocycles. The third-order valence-electron chi connectivity index (χ3n) is 3.66. The van der Waals surface area contributed by atoms with Gasteiger partial charge in [0.15, 0.2) is 0 Å². The number of hydrogen-bond donors (Lipinski definition) is 0. The van der Waals surface area contributed by atoms with E-state index in [1.807, 2.05) is 13.8 Å². The van der Waals surface area contributed by atoms with Gasteiger partial charge in [-0.2, -0.15) is 39.5 Å². The molecule has 0 aliphatic carbocycles. The fourth-order valence-electron chi connectivity index (χ4n) is 1.91. The number of aromatic nitrogens is 2. The molecule has 0 fully saturated rings. The fraction of sp³-hybridized carbons (Fsp3) is 0.429. The van der Waals surface area contributed by atoms with E-state index in [1.165, 1.54) is 29.5 Å². The third-order valence-corrected chi connectivity index (χ3v) is 3.66. The quantitative estimate of drug-likeness (QED) is 0.250. The molecule has 0 bridgehead atoms. The molecule has 0 aliphatic rings. The van der Waals surface area contributed by atoms with Crippen LogP contribution in [0.3, 0.4) is 0 Å². The molecule has 3 rings (SSSR count). The second-order valence-electron chi connectivity index (χ2n) is 7.34. The Bertz CT molecular complexity index is 892. The van der Waals surface area contributed by atoms with Crippen molar-refractivity contribution < 1.29 is 39.5 Å². The molecule has 1 aromatic carbocycles. The highest BCUT2D eigenvalue weighted by atomic mass is 19.4. The van der Waals surface area contributed by atoms with Crippen molar-refractivity contribution in [3.05, 3.63) is 94.6 Å². The van der Waals surface area contributed by atoms with Gasteiger partial charge in [-0.05, 0) is 51.5 Å². The molecule has 0 unspecified atom stereocenters. The average Bonchev–Trinajstić information content (AvgIpc) is 2.76. The van der Waals surface area contributed by atoms with Crippen LogP contribution in [0.25, 0.3) is 0 Å². The molecule has 0 spiro atoms. The summed E-state index contributed by atoms with van der Waals surface area (Å²) in [6.45, 7) is 11.7. The first-order valence-electron chi connectivity index (χ1n) is 10.9. The third kappa shape index (κ3) is 25.0. The number of nitrogens with zero attached hydrogens (tertiary/aromatic N) is 2. The first-order chi connectivity index (χ1) is 16.8. The minimum atomic E-state index is -4.33. The zero-order chi connectivity index (χ0) is 29.4. The van der Waals surface area contributed by atoms with Gasteiger partial charge in [-0.25, -0.2) is 0 Å². The number of hydrogen-bond acceptors (Lipinski definition) is 2. The van der Waals surface area contributed by atoms with Gasteiger partial charge in [-0.1, -0.05) is 70.2 Å². The van der Waals surface area contributed by atoms with Gasteiger partial charge in [-0.15, -0.1) is 0 Å². The van der Waals surface area contributed by atoms with Crippen LogP contribution in [0.1, 0.15) is 69.3 Å². The first-order valence-corrected chi connectivity index (χ1v) is 10.9. The Labute approximate surface area is 226 Å². The van der Waals surface area contributed by atoms with Crippen LogP contribution < -0.4 is 0 Å². The van der Waals surface area contributed by atoms with Crippen molar-refractivity contribution in [2.75, 3.05) is 0 Å². The van der Waals surface area contributed by atoms with Crippen molar-refractivity contribution in [1.82, 2.24) is 9.97 Å². The molecule has 39 heavy (non-hydrogen) atoms. The molecule has 224 valence electrons. The zero-order valence-corrected chi connectivity index (χ0v) is 21.6. The van der Waals surface area contributed by atoms with E-state index in [0.717, 1.165) is 23.9 Å². The summed E-state index contributed by atoms with van der Waals surface area (Å²) in [5, 5.41) is 0. The van der Waals surface area contributed by atoms with Crippen LogP contribution in [0.2, 0.25) is 0 Å². The lowest BCUT2D eigenvalue weighted by atomic mass is 10.2.